The standard InChI is InChI=1S/C9H17ClO2/c1-3-5-6-9(4-2,7-10)8(11)12/h3-7H2,1-2H3,(H,11,12). The molecule has 0 spiro atoms. The Balaban J connectivity index is 4.25. The second-order valence-electron chi connectivity index (χ2n) is 3.18. The highest BCUT2D eigenvalue weighted by atomic mass is 35.5. The van der Waals surface area contributed by atoms with Gasteiger partial charge in [-0.3, -0.25) is 4.79 Å². The third kappa shape index (κ3) is 2.67. The molecule has 12 heavy (non-hydrogen) atoms. The van der Waals surface area contributed by atoms with Gasteiger partial charge in [-0.1, -0.05) is 26.7 Å². The van der Waals surface area contributed by atoms with Crippen molar-refractivity contribution in [1.82, 2.24) is 0 Å². The first-order chi connectivity index (χ1) is 5.63. The molecule has 0 heterocycles. The molecule has 0 aliphatic rings. The summed E-state index contributed by atoms with van der Waals surface area (Å²) in [6.45, 7) is 3.93. The highest BCUT2D eigenvalue weighted by molar-refractivity contribution is 6.19. The highest BCUT2D eigenvalue weighted by Gasteiger charge is 2.34. The van der Waals surface area contributed by atoms with Crippen LogP contribution in [0.5, 0.6) is 0 Å². The molecular weight excluding hydrogens is 176 g/mol. The Morgan fingerprint density at radius 2 is 2.08 bits per heavy atom. The number of hydrogen-bond acceptors (Lipinski definition) is 1. The van der Waals surface area contributed by atoms with Crippen LogP contribution in [0.2, 0.25) is 0 Å². The molecule has 1 atom stereocenters. The molecule has 0 saturated carbocycles. The Labute approximate surface area is 78.9 Å². The molecule has 0 radical (unpaired) electrons. The smallest absolute Gasteiger partial charge is 0.310 e. The van der Waals surface area contributed by atoms with Crippen LogP contribution in [0.15, 0.2) is 0 Å². The minimum Gasteiger partial charge on any atom is -0.481 e. The minimum absolute atomic E-state index is 0.221. The molecule has 1 unspecified atom stereocenters. The second kappa shape index (κ2) is 5.41. The summed E-state index contributed by atoms with van der Waals surface area (Å²) in [5, 5.41) is 8.97. The number of carbonyl (C=O) groups is 1. The number of carboxylic acids is 1. The van der Waals surface area contributed by atoms with Crippen molar-refractivity contribution in [2.24, 2.45) is 5.41 Å². The van der Waals surface area contributed by atoms with Crippen molar-refractivity contribution in [2.45, 2.75) is 39.5 Å². The van der Waals surface area contributed by atoms with Gasteiger partial charge >= 0.3 is 5.97 Å². The summed E-state index contributed by atoms with van der Waals surface area (Å²) in [4.78, 5) is 10.9. The van der Waals surface area contributed by atoms with Gasteiger partial charge in [-0.05, 0) is 12.8 Å². The van der Waals surface area contributed by atoms with E-state index in [0.717, 1.165) is 12.8 Å². The molecule has 3 heteroatoms. The molecule has 0 aliphatic heterocycles. The second-order valence-corrected chi connectivity index (χ2v) is 3.44. The van der Waals surface area contributed by atoms with Crippen LogP contribution >= 0.6 is 11.6 Å². The fourth-order valence-corrected chi connectivity index (χ4v) is 1.61. The quantitative estimate of drug-likeness (QED) is 0.658. The van der Waals surface area contributed by atoms with Crippen molar-refractivity contribution in [3.8, 4) is 0 Å². The van der Waals surface area contributed by atoms with Gasteiger partial charge in [0.2, 0.25) is 0 Å². The zero-order valence-corrected chi connectivity index (χ0v) is 8.52. The van der Waals surface area contributed by atoms with E-state index >= 15 is 0 Å². The lowest BCUT2D eigenvalue weighted by Gasteiger charge is -2.24. The molecule has 0 aromatic rings. The topological polar surface area (TPSA) is 37.3 Å². The molecule has 0 rings (SSSR count). The average molecular weight is 193 g/mol. The van der Waals surface area contributed by atoms with E-state index < -0.39 is 11.4 Å². The van der Waals surface area contributed by atoms with Crippen LogP contribution in [-0.2, 0) is 4.79 Å². The zero-order valence-electron chi connectivity index (χ0n) is 7.77. The van der Waals surface area contributed by atoms with E-state index in [-0.39, 0.29) is 5.88 Å². The number of aliphatic carboxylic acids is 1. The Hall–Kier alpha value is -0.240. The molecule has 0 aromatic carbocycles. The summed E-state index contributed by atoms with van der Waals surface area (Å²) in [7, 11) is 0. The Morgan fingerprint density at radius 1 is 1.50 bits per heavy atom. The summed E-state index contributed by atoms with van der Waals surface area (Å²) in [6, 6.07) is 0. The van der Waals surface area contributed by atoms with Crippen LogP contribution in [0.1, 0.15) is 39.5 Å². The van der Waals surface area contributed by atoms with E-state index in [2.05, 4.69) is 6.92 Å². The maximum atomic E-state index is 10.9. The Kier molecular flexibility index (Phi) is 5.31. The summed E-state index contributed by atoms with van der Waals surface area (Å²) in [5.74, 6) is -0.535. The summed E-state index contributed by atoms with van der Waals surface area (Å²) < 4.78 is 0. The number of halogens is 1. The summed E-state index contributed by atoms with van der Waals surface area (Å²) in [6.07, 6.45) is 3.27. The van der Waals surface area contributed by atoms with Crippen molar-refractivity contribution in [3.05, 3.63) is 0 Å². The fraction of sp³-hybridized carbons (Fsp3) is 0.889. The van der Waals surface area contributed by atoms with Gasteiger partial charge in [0.05, 0.1) is 5.41 Å². The van der Waals surface area contributed by atoms with E-state index in [1.165, 1.54) is 0 Å². The lowest BCUT2D eigenvalue weighted by atomic mass is 9.82. The van der Waals surface area contributed by atoms with Gasteiger partial charge in [-0.15, -0.1) is 11.6 Å². The average Bonchev–Trinajstić information content (AvgIpc) is 2.07. The normalized spacial score (nSPS) is 15.6. The molecule has 0 amide bonds. The van der Waals surface area contributed by atoms with Gasteiger partial charge in [0.25, 0.3) is 0 Å². The third-order valence-corrected chi connectivity index (χ3v) is 2.91. The van der Waals surface area contributed by atoms with Crippen molar-refractivity contribution >= 4 is 17.6 Å². The molecule has 0 bridgehead atoms. The van der Waals surface area contributed by atoms with E-state index in [9.17, 15) is 4.79 Å². The van der Waals surface area contributed by atoms with Gasteiger partial charge in [0, 0.05) is 5.88 Å². The number of alkyl halides is 1. The number of unbranched alkanes of at least 4 members (excludes halogenated alkanes) is 1. The number of carboxylic acid groups (broad SMARTS) is 1. The molecule has 2 nitrogen and oxygen atoms in total. The van der Waals surface area contributed by atoms with E-state index in [4.69, 9.17) is 16.7 Å². The van der Waals surface area contributed by atoms with Crippen LogP contribution < -0.4 is 0 Å². The largest absolute Gasteiger partial charge is 0.481 e. The SMILES string of the molecule is CCCCC(CC)(CCl)C(=O)O. The van der Waals surface area contributed by atoms with Gasteiger partial charge in [-0.2, -0.15) is 0 Å². The van der Waals surface area contributed by atoms with E-state index in [0.29, 0.717) is 12.8 Å². The third-order valence-electron chi connectivity index (χ3n) is 2.40. The summed E-state index contributed by atoms with van der Waals surface area (Å²) >= 11 is 5.67. The zero-order chi connectivity index (χ0) is 9.61. The van der Waals surface area contributed by atoms with Crippen LogP contribution in [-0.4, -0.2) is 17.0 Å². The van der Waals surface area contributed by atoms with Gasteiger partial charge in [-0.25, -0.2) is 0 Å². The van der Waals surface area contributed by atoms with E-state index in [1.54, 1.807) is 0 Å². The van der Waals surface area contributed by atoms with Gasteiger partial charge in [0.1, 0.15) is 0 Å². The van der Waals surface area contributed by atoms with Crippen LogP contribution in [0, 0.1) is 5.41 Å². The molecule has 0 aliphatic carbocycles. The molecule has 0 aromatic heterocycles. The lowest BCUT2D eigenvalue weighted by Crippen LogP contribution is -2.32. The number of rotatable bonds is 6. The monoisotopic (exact) mass is 192 g/mol. The van der Waals surface area contributed by atoms with Crippen molar-refractivity contribution in [2.75, 3.05) is 5.88 Å². The lowest BCUT2D eigenvalue weighted by molar-refractivity contribution is -0.148. The van der Waals surface area contributed by atoms with Crippen LogP contribution in [0.25, 0.3) is 0 Å². The molecule has 72 valence electrons. The summed E-state index contributed by atoms with van der Waals surface area (Å²) in [5.41, 5.74) is -0.683. The highest BCUT2D eigenvalue weighted by Crippen LogP contribution is 2.30. The molecular formula is C9H17ClO2. The Morgan fingerprint density at radius 3 is 2.33 bits per heavy atom. The fourth-order valence-electron chi connectivity index (χ4n) is 1.17. The number of hydrogen-bond donors (Lipinski definition) is 1. The maximum Gasteiger partial charge on any atom is 0.310 e. The van der Waals surface area contributed by atoms with Crippen LogP contribution in [0.4, 0.5) is 0 Å². The first-order valence-corrected chi connectivity index (χ1v) is 4.95. The molecule has 1 N–H and O–H groups in total. The maximum absolute atomic E-state index is 10.9. The van der Waals surface area contributed by atoms with Crippen molar-refractivity contribution < 1.29 is 9.90 Å². The molecule has 0 fully saturated rings. The van der Waals surface area contributed by atoms with Crippen molar-refractivity contribution in [1.29, 1.82) is 0 Å². The van der Waals surface area contributed by atoms with Gasteiger partial charge in [0.15, 0.2) is 0 Å². The van der Waals surface area contributed by atoms with E-state index in [1.807, 2.05) is 6.92 Å². The predicted molar refractivity (Wildman–Crippen MR) is 50.6 cm³/mol. The predicted octanol–water partition coefficient (Wildman–Crippen LogP) is 2.90. The van der Waals surface area contributed by atoms with Gasteiger partial charge < -0.3 is 5.11 Å². The first kappa shape index (κ1) is 11.8. The first-order valence-electron chi connectivity index (χ1n) is 4.42. The van der Waals surface area contributed by atoms with Crippen molar-refractivity contribution in [3.63, 3.8) is 0 Å². The molecule has 0 saturated heterocycles. The minimum atomic E-state index is -0.756. The van der Waals surface area contributed by atoms with Crippen LogP contribution in [0.3, 0.4) is 0 Å². The Bertz CT molecular complexity index is 141.